The van der Waals surface area contributed by atoms with E-state index >= 15 is 0 Å². The maximum atomic E-state index is 13.5. The van der Waals surface area contributed by atoms with Gasteiger partial charge in [0.25, 0.3) is 0 Å². The van der Waals surface area contributed by atoms with Crippen LogP contribution in [0.4, 0.5) is 0 Å². The van der Waals surface area contributed by atoms with E-state index in [4.69, 9.17) is 0 Å². The van der Waals surface area contributed by atoms with Crippen LogP contribution in [-0.2, 0) is 4.79 Å². The Morgan fingerprint density at radius 3 is 2.06 bits per heavy atom. The zero-order chi connectivity index (χ0) is 24.2. The zero-order valence-electron chi connectivity index (χ0n) is 22.5. The van der Waals surface area contributed by atoms with Crippen LogP contribution in [-0.4, -0.2) is 21.8 Å². The fraction of sp³-hybridized carbons (Fsp3) is 0.967. The highest BCUT2D eigenvalue weighted by Crippen LogP contribution is 2.78. The molecule has 3 heteroatoms. The molecule has 0 aromatic rings. The molecule has 5 rings (SSSR count). The topological polar surface area (TPSA) is 57.5 Å². The quantitative estimate of drug-likeness (QED) is 0.456. The minimum atomic E-state index is -0.675. The van der Waals surface area contributed by atoms with E-state index in [1.165, 1.54) is 32.1 Å². The van der Waals surface area contributed by atoms with E-state index in [0.29, 0.717) is 23.2 Å². The highest BCUT2D eigenvalue weighted by atomic mass is 16.4. The first-order valence-corrected chi connectivity index (χ1v) is 14.1. The molecule has 0 saturated heterocycles. The Bertz CT molecular complexity index is 825. The van der Waals surface area contributed by atoms with Gasteiger partial charge in [0.1, 0.15) is 0 Å². The molecular weight excluding hydrogens is 408 g/mol. The molecule has 0 aliphatic heterocycles. The Balaban J connectivity index is 1.59. The molecule has 5 aliphatic carbocycles. The fourth-order valence-corrected chi connectivity index (χ4v) is 12.2. The van der Waals surface area contributed by atoms with Crippen molar-refractivity contribution < 1.29 is 15.0 Å². The summed E-state index contributed by atoms with van der Waals surface area (Å²) in [5.74, 6) is 1.73. The Kier molecular flexibility index (Phi) is 5.13. The summed E-state index contributed by atoms with van der Waals surface area (Å²) >= 11 is 0. The SMILES string of the molecule is CC(C)(O)[C@H]1CC[C@]2(C)[C@H]3CC[C@@H]4[C@@]5(C)CCCC(C)(C)[C@@H]5CC[C@@]4(C)[C@]3(C(=O)O)CC[C@@H]12. The van der Waals surface area contributed by atoms with E-state index in [0.717, 1.165) is 44.4 Å². The van der Waals surface area contributed by atoms with Crippen molar-refractivity contribution in [3.05, 3.63) is 0 Å². The summed E-state index contributed by atoms with van der Waals surface area (Å²) in [4.78, 5) is 13.5. The van der Waals surface area contributed by atoms with Gasteiger partial charge in [0, 0.05) is 0 Å². The first-order valence-electron chi connectivity index (χ1n) is 14.1. The van der Waals surface area contributed by atoms with Gasteiger partial charge in [-0.2, -0.15) is 0 Å². The molecule has 0 amide bonds. The summed E-state index contributed by atoms with van der Waals surface area (Å²) in [7, 11) is 0. The van der Waals surface area contributed by atoms with Crippen molar-refractivity contribution in [3.63, 3.8) is 0 Å². The molecule has 0 spiro atoms. The van der Waals surface area contributed by atoms with E-state index in [9.17, 15) is 15.0 Å². The number of aliphatic carboxylic acids is 1. The number of rotatable bonds is 2. The lowest BCUT2D eigenvalue weighted by Crippen LogP contribution is -2.69. The largest absolute Gasteiger partial charge is 0.481 e. The standard InChI is InChI=1S/C30H50O3/c1-25(2)14-8-15-28(6)21(25)13-17-29(7)22(28)9-10-23-27(5)16-11-19(26(3,4)33)20(27)12-18-30(23,29)24(31)32/h19-23,33H,8-18H2,1-7H3,(H,31,32)/t19-,20-,21-,22+,23+,27-,28-,29+,30+/m0/s1. The highest BCUT2D eigenvalue weighted by molar-refractivity contribution is 5.77. The Labute approximate surface area is 202 Å². The third-order valence-corrected chi connectivity index (χ3v) is 13.4. The van der Waals surface area contributed by atoms with E-state index in [-0.39, 0.29) is 22.2 Å². The molecule has 0 heterocycles. The second-order valence-electron chi connectivity index (χ2n) is 15.3. The van der Waals surface area contributed by atoms with Crippen LogP contribution >= 0.6 is 0 Å². The van der Waals surface area contributed by atoms with Gasteiger partial charge in [-0.05, 0) is 129 Å². The second-order valence-corrected chi connectivity index (χ2v) is 15.3. The molecule has 0 unspecified atom stereocenters. The number of carboxylic acid groups (broad SMARTS) is 1. The molecule has 0 aromatic heterocycles. The summed E-state index contributed by atoms with van der Waals surface area (Å²) in [6.45, 7) is 16.3. The molecule has 0 radical (unpaired) electrons. The van der Waals surface area contributed by atoms with Gasteiger partial charge in [0.2, 0.25) is 0 Å². The lowest BCUT2D eigenvalue weighted by molar-refractivity contribution is -0.251. The van der Waals surface area contributed by atoms with Crippen molar-refractivity contribution in [2.75, 3.05) is 0 Å². The Morgan fingerprint density at radius 1 is 0.758 bits per heavy atom. The van der Waals surface area contributed by atoms with Gasteiger partial charge in [-0.25, -0.2) is 0 Å². The summed E-state index contributed by atoms with van der Waals surface area (Å²) in [5.41, 5.74) is -0.723. The normalized spacial score (nSPS) is 53.4. The van der Waals surface area contributed by atoms with Crippen molar-refractivity contribution >= 4 is 5.97 Å². The predicted molar refractivity (Wildman–Crippen MR) is 133 cm³/mol. The van der Waals surface area contributed by atoms with Crippen LogP contribution < -0.4 is 0 Å². The van der Waals surface area contributed by atoms with Gasteiger partial charge in [0.15, 0.2) is 0 Å². The van der Waals surface area contributed by atoms with Crippen molar-refractivity contribution in [1.82, 2.24) is 0 Å². The summed E-state index contributed by atoms with van der Waals surface area (Å²) in [6, 6.07) is 0. The molecule has 5 fully saturated rings. The van der Waals surface area contributed by atoms with Crippen LogP contribution in [0, 0.1) is 56.7 Å². The second kappa shape index (κ2) is 7.01. The van der Waals surface area contributed by atoms with E-state index in [1.807, 2.05) is 13.8 Å². The van der Waals surface area contributed by atoms with Crippen LogP contribution in [0.3, 0.4) is 0 Å². The van der Waals surface area contributed by atoms with Gasteiger partial charge in [-0.15, -0.1) is 0 Å². The Morgan fingerprint density at radius 2 is 1.42 bits per heavy atom. The van der Waals surface area contributed by atoms with Crippen LogP contribution in [0.25, 0.3) is 0 Å². The van der Waals surface area contributed by atoms with E-state index in [2.05, 4.69) is 34.6 Å². The average molecular weight is 459 g/mol. The first kappa shape index (κ1) is 24.1. The highest BCUT2D eigenvalue weighted by Gasteiger charge is 2.74. The molecule has 3 nitrogen and oxygen atoms in total. The van der Waals surface area contributed by atoms with E-state index < -0.39 is 17.0 Å². The maximum Gasteiger partial charge on any atom is 0.310 e. The number of carbonyl (C=O) groups is 1. The van der Waals surface area contributed by atoms with Crippen molar-refractivity contribution in [1.29, 1.82) is 0 Å². The molecule has 0 bridgehead atoms. The molecule has 5 saturated carbocycles. The third kappa shape index (κ3) is 2.87. The van der Waals surface area contributed by atoms with Gasteiger partial charge in [-0.3, -0.25) is 4.79 Å². The van der Waals surface area contributed by atoms with Gasteiger partial charge < -0.3 is 10.2 Å². The average Bonchev–Trinajstić information content (AvgIpc) is 3.04. The van der Waals surface area contributed by atoms with Gasteiger partial charge in [0.05, 0.1) is 11.0 Å². The third-order valence-electron chi connectivity index (χ3n) is 13.4. The molecule has 5 aliphatic rings. The molecule has 9 atom stereocenters. The molecule has 0 aromatic carbocycles. The number of hydrogen-bond acceptors (Lipinski definition) is 2. The Hall–Kier alpha value is -0.570. The van der Waals surface area contributed by atoms with Crippen LogP contribution in [0.5, 0.6) is 0 Å². The monoisotopic (exact) mass is 458 g/mol. The van der Waals surface area contributed by atoms with Crippen LogP contribution in [0.2, 0.25) is 0 Å². The molecule has 2 N–H and O–H groups in total. The summed E-state index contributed by atoms with van der Waals surface area (Å²) in [6.07, 6.45) is 12.4. The van der Waals surface area contributed by atoms with E-state index in [1.54, 1.807) is 0 Å². The predicted octanol–water partition coefficient (Wildman–Crippen LogP) is 7.31. The minimum absolute atomic E-state index is 0.0406. The number of fused-ring (bicyclic) bond motifs is 7. The lowest BCUT2D eigenvalue weighted by Gasteiger charge is -2.72. The smallest absolute Gasteiger partial charge is 0.310 e. The maximum absolute atomic E-state index is 13.5. The van der Waals surface area contributed by atoms with Crippen molar-refractivity contribution in [2.45, 2.75) is 125 Å². The van der Waals surface area contributed by atoms with Gasteiger partial charge in [-0.1, -0.05) is 41.0 Å². The number of aliphatic hydroxyl groups is 1. The van der Waals surface area contributed by atoms with Crippen molar-refractivity contribution in [3.8, 4) is 0 Å². The minimum Gasteiger partial charge on any atom is -0.481 e. The lowest BCUT2D eigenvalue weighted by atomic mass is 9.31. The first-order chi connectivity index (χ1) is 15.1. The van der Waals surface area contributed by atoms with Crippen molar-refractivity contribution in [2.24, 2.45) is 56.7 Å². The molecule has 188 valence electrons. The van der Waals surface area contributed by atoms with Gasteiger partial charge >= 0.3 is 5.97 Å². The summed E-state index contributed by atoms with van der Waals surface area (Å²) in [5, 5.41) is 22.1. The van der Waals surface area contributed by atoms with Crippen LogP contribution in [0.1, 0.15) is 119 Å². The van der Waals surface area contributed by atoms with Crippen LogP contribution in [0.15, 0.2) is 0 Å². The molecular formula is C30H50O3. The number of hydrogen-bond donors (Lipinski definition) is 2. The zero-order valence-corrected chi connectivity index (χ0v) is 22.5. The molecule has 33 heavy (non-hydrogen) atoms. The fourth-order valence-electron chi connectivity index (χ4n) is 12.2. The number of carboxylic acids is 1. The summed E-state index contributed by atoms with van der Waals surface area (Å²) < 4.78 is 0.